The van der Waals surface area contributed by atoms with Crippen LogP contribution in [0.25, 0.3) is 0 Å². The third-order valence-electron chi connectivity index (χ3n) is 3.98. The first-order chi connectivity index (χ1) is 7.57. The number of fused-ring (bicyclic) bond motifs is 1. The highest BCUT2D eigenvalue weighted by Gasteiger charge is 2.54. The Balaban J connectivity index is 0.00000108. The molecule has 1 aromatic rings. The van der Waals surface area contributed by atoms with Gasteiger partial charge in [-0.3, -0.25) is 0 Å². The van der Waals surface area contributed by atoms with Gasteiger partial charge in [-0.15, -0.1) is 12.4 Å². The van der Waals surface area contributed by atoms with Crippen molar-refractivity contribution in [1.29, 1.82) is 0 Å². The van der Waals surface area contributed by atoms with Crippen LogP contribution in [0.5, 0.6) is 0 Å². The lowest BCUT2D eigenvalue weighted by molar-refractivity contribution is 0.121. The maximum Gasteiger partial charge on any atom is 0.0946 e. The van der Waals surface area contributed by atoms with Gasteiger partial charge in [-0.1, -0.05) is 23.7 Å². The summed E-state index contributed by atoms with van der Waals surface area (Å²) in [6, 6.07) is 7.72. The van der Waals surface area contributed by atoms with Gasteiger partial charge in [-0.2, -0.15) is 0 Å². The molecular weight excluding hydrogens is 257 g/mol. The van der Waals surface area contributed by atoms with Crippen LogP contribution in [0.15, 0.2) is 24.3 Å². The fourth-order valence-electron chi connectivity index (χ4n) is 3.22. The van der Waals surface area contributed by atoms with Gasteiger partial charge >= 0.3 is 0 Å². The average molecular weight is 274 g/mol. The maximum absolute atomic E-state index is 10.3. The van der Waals surface area contributed by atoms with E-state index in [1.165, 1.54) is 12.8 Å². The van der Waals surface area contributed by atoms with Crippen LogP contribution < -0.4 is 5.32 Å². The maximum atomic E-state index is 10.3. The molecule has 4 heteroatoms. The monoisotopic (exact) mass is 273 g/mol. The second-order valence-corrected chi connectivity index (χ2v) is 5.84. The highest BCUT2D eigenvalue weighted by Crippen LogP contribution is 2.50. The summed E-state index contributed by atoms with van der Waals surface area (Å²) in [6.07, 6.45) is 1.94. The van der Waals surface area contributed by atoms with Crippen molar-refractivity contribution in [3.63, 3.8) is 0 Å². The third kappa shape index (κ3) is 2.19. The first kappa shape index (κ1) is 13.2. The molecule has 2 saturated heterocycles. The molecule has 3 aliphatic rings. The Labute approximate surface area is 113 Å². The summed E-state index contributed by atoms with van der Waals surface area (Å²) in [4.78, 5) is 0. The molecule has 2 aliphatic heterocycles. The van der Waals surface area contributed by atoms with E-state index < -0.39 is 6.10 Å². The van der Waals surface area contributed by atoms with Crippen molar-refractivity contribution in [3.05, 3.63) is 34.9 Å². The SMILES string of the molecule is CC12CC(C1)[C@H]([C@@H](O)c1cccc(Cl)c1)N2.Cl. The van der Waals surface area contributed by atoms with Gasteiger partial charge in [0.2, 0.25) is 0 Å². The molecule has 2 nitrogen and oxygen atoms in total. The molecule has 4 rings (SSSR count). The van der Waals surface area contributed by atoms with E-state index in [0.29, 0.717) is 10.9 Å². The molecule has 0 unspecified atom stereocenters. The van der Waals surface area contributed by atoms with Crippen molar-refractivity contribution in [3.8, 4) is 0 Å². The Hall–Kier alpha value is -0.280. The molecule has 2 atom stereocenters. The number of benzene rings is 1. The van der Waals surface area contributed by atoms with Crippen LogP contribution in [0.1, 0.15) is 31.4 Å². The molecule has 0 aromatic heterocycles. The minimum atomic E-state index is -0.437. The highest BCUT2D eigenvalue weighted by atomic mass is 35.5. The normalized spacial score (nSPS) is 35.9. The Morgan fingerprint density at radius 2 is 2.18 bits per heavy atom. The Morgan fingerprint density at radius 3 is 2.71 bits per heavy atom. The van der Waals surface area contributed by atoms with Gasteiger partial charge in [0.25, 0.3) is 0 Å². The smallest absolute Gasteiger partial charge is 0.0946 e. The van der Waals surface area contributed by atoms with Crippen molar-refractivity contribution < 1.29 is 5.11 Å². The van der Waals surface area contributed by atoms with Crippen LogP contribution in [-0.2, 0) is 0 Å². The van der Waals surface area contributed by atoms with Gasteiger partial charge in [-0.25, -0.2) is 0 Å². The molecule has 94 valence electrons. The molecule has 0 radical (unpaired) electrons. The van der Waals surface area contributed by atoms with Gasteiger partial charge < -0.3 is 10.4 Å². The predicted molar refractivity (Wildman–Crippen MR) is 71.7 cm³/mol. The van der Waals surface area contributed by atoms with Gasteiger partial charge in [0.1, 0.15) is 0 Å². The number of aliphatic hydroxyl groups is 1. The largest absolute Gasteiger partial charge is 0.387 e. The molecule has 2 N–H and O–H groups in total. The minimum Gasteiger partial charge on any atom is -0.387 e. The summed E-state index contributed by atoms with van der Waals surface area (Å²) in [5, 5.41) is 14.6. The van der Waals surface area contributed by atoms with Crippen molar-refractivity contribution in [2.24, 2.45) is 5.92 Å². The molecule has 3 fully saturated rings. The van der Waals surface area contributed by atoms with Crippen LogP contribution in [0.2, 0.25) is 5.02 Å². The zero-order valence-electron chi connectivity index (χ0n) is 9.69. The summed E-state index contributed by atoms with van der Waals surface area (Å²) in [5.41, 5.74) is 1.19. The summed E-state index contributed by atoms with van der Waals surface area (Å²) in [5.74, 6) is 0.624. The number of halogens is 2. The minimum absolute atomic E-state index is 0. The lowest BCUT2D eigenvalue weighted by Gasteiger charge is -2.33. The number of rotatable bonds is 2. The molecule has 17 heavy (non-hydrogen) atoms. The third-order valence-corrected chi connectivity index (χ3v) is 4.21. The van der Waals surface area contributed by atoms with E-state index in [4.69, 9.17) is 11.6 Å². The lowest BCUT2D eigenvalue weighted by Crippen LogP contribution is -2.40. The van der Waals surface area contributed by atoms with Crippen LogP contribution >= 0.6 is 24.0 Å². The molecule has 1 aliphatic carbocycles. The second kappa shape index (κ2) is 4.43. The quantitative estimate of drug-likeness (QED) is 0.869. The second-order valence-electron chi connectivity index (χ2n) is 5.40. The van der Waals surface area contributed by atoms with E-state index in [1.54, 1.807) is 0 Å². The molecule has 2 bridgehead atoms. The van der Waals surface area contributed by atoms with Crippen molar-refractivity contribution in [2.45, 2.75) is 37.5 Å². The highest BCUT2D eigenvalue weighted by molar-refractivity contribution is 6.30. The molecule has 0 spiro atoms. The van der Waals surface area contributed by atoms with E-state index in [-0.39, 0.29) is 24.0 Å². The van der Waals surface area contributed by atoms with Crippen molar-refractivity contribution in [1.82, 2.24) is 5.32 Å². The van der Waals surface area contributed by atoms with Crippen molar-refractivity contribution >= 4 is 24.0 Å². The molecule has 1 saturated carbocycles. The number of hydrogen-bond acceptors (Lipinski definition) is 2. The molecular formula is C13H17Cl2NO. The first-order valence-electron chi connectivity index (χ1n) is 5.79. The average Bonchev–Trinajstić information content (AvgIpc) is 2.70. The zero-order chi connectivity index (χ0) is 11.3. The van der Waals surface area contributed by atoms with Crippen molar-refractivity contribution in [2.75, 3.05) is 0 Å². The van der Waals surface area contributed by atoms with E-state index in [2.05, 4.69) is 12.2 Å². The molecule has 0 amide bonds. The van der Waals surface area contributed by atoms with E-state index in [9.17, 15) is 5.11 Å². The number of aliphatic hydroxyl groups excluding tert-OH is 1. The summed E-state index contributed by atoms with van der Waals surface area (Å²) in [6.45, 7) is 2.23. The Kier molecular flexibility index (Phi) is 3.43. The van der Waals surface area contributed by atoms with Crippen LogP contribution in [0.4, 0.5) is 0 Å². The van der Waals surface area contributed by atoms with Crippen LogP contribution in [0, 0.1) is 5.92 Å². The van der Waals surface area contributed by atoms with Gasteiger partial charge in [0.15, 0.2) is 0 Å². The predicted octanol–water partition coefficient (Wildman–Crippen LogP) is 2.94. The van der Waals surface area contributed by atoms with Gasteiger partial charge in [-0.05, 0) is 43.4 Å². The lowest BCUT2D eigenvalue weighted by atomic mass is 9.72. The number of hydrogen-bond donors (Lipinski definition) is 2. The van der Waals surface area contributed by atoms with E-state index in [0.717, 1.165) is 5.56 Å². The van der Waals surface area contributed by atoms with E-state index >= 15 is 0 Å². The fourth-order valence-corrected chi connectivity index (χ4v) is 3.42. The standard InChI is InChI=1S/C13H16ClNO.ClH/c1-13-6-9(7-13)11(15-13)12(16)8-3-2-4-10(14)5-8;/h2-5,9,11-12,15-16H,6-7H2,1H3;1H/t9?,11-,12+,13?;/m1./s1. The summed E-state index contributed by atoms with van der Waals surface area (Å²) >= 11 is 5.94. The first-order valence-corrected chi connectivity index (χ1v) is 6.16. The summed E-state index contributed by atoms with van der Waals surface area (Å²) in [7, 11) is 0. The van der Waals surface area contributed by atoms with Gasteiger partial charge in [0, 0.05) is 16.6 Å². The zero-order valence-corrected chi connectivity index (χ0v) is 11.3. The fraction of sp³-hybridized carbons (Fsp3) is 0.538. The van der Waals surface area contributed by atoms with E-state index in [1.807, 2.05) is 24.3 Å². The number of nitrogens with one attached hydrogen (secondary N) is 1. The topological polar surface area (TPSA) is 32.3 Å². The van der Waals surface area contributed by atoms with Crippen LogP contribution in [0.3, 0.4) is 0 Å². The molecule has 2 heterocycles. The summed E-state index contributed by atoms with van der Waals surface area (Å²) < 4.78 is 0. The van der Waals surface area contributed by atoms with Gasteiger partial charge in [0.05, 0.1) is 6.10 Å². The molecule has 1 aromatic carbocycles. The Bertz CT molecular complexity index is 418. The Morgan fingerprint density at radius 1 is 1.47 bits per heavy atom. The van der Waals surface area contributed by atoms with Crippen LogP contribution in [-0.4, -0.2) is 16.7 Å².